The van der Waals surface area contributed by atoms with Gasteiger partial charge in [0.25, 0.3) is 5.91 Å². The van der Waals surface area contributed by atoms with E-state index in [2.05, 4.69) is 69.2 Å². The van der Waals surface area contributed by atoms with E-state index in [-0.39, 0.29) is 18.0 Å². The number of oxime groups is 1. The third-order valence-corrected chi connectivity index (χ3v) is 7.26. The first-order chi connectivity index (χ1) is 16.2. The van der Waals surface area contributed by atoms with Crippen LogP contribution in [0.25, 0.3) is 0 Å². The Labute approximate surface area is 196 Å². The Morgan fingerprint density at radius 1 is 1.00 bits per heavy atom. The highest BCUT2D eigenvalue weighted by atomic mass is 16.7. The molecule has 0 unspecified atom stereocenters. The number of piperidine rings is 1. The van der Waals surface area contributed by atoms with Crippen LogP contribution >= 0.6 is 0 Å². The molecule has 1 aliphatic carbocycles. The van der Waals surface area contributed by atoms with Gasteiger partial charge in [-0.2, -0.15) is 0 Å². The van der Waals surface area contributed by atoms with Crippen LogP contribution in [0.1, 0.15) is 49.7 Å². The topological polar surface area (TPSA) is 66.0 Å². The summed E-state index contributed by atoms with van der Waals surface area (Å²) in [5.41, 5.74) is 2.55. The van der Waals surface area contributed by atoms with E-state index in [1.807, 2.05) is 12.1 Å². The van der Waals surface area contributed by atoms with Gasteiger partial charge in [0.15, 0.2) is 5.60 Å². The predicted octanol–water partition coefficient (Wildman–Crippen LogP) is 3.62. The summed E-state index contributed by atoms with van der Waals surface area (Å²) < 4.78 is 0. The summed E-state index contributed by atoms with van der Waals surface area (Å²) in [6.07, 6.45) is 6.01. The molecule has 2 aliphatic heterocycles. The van der Waals surface area contributed by atoms with Crippen molar-refractivity contribution in [3.8, 4) is 0 Å². The smallest absolute Gasteiger partial charge is 0.269 e. The minimum atomic E-state index is -0.524. The predicted molar refractivity (Wildman–Crippen MR) is 130 cm³/mol. The van der Waals surface area contributed by atoms with E-state index in [1.165, 1.54) is 24.0 Å². The van der Waals surface area contributed by atoms with Crippen molar-refractivity contribution in [3.63, 3.8) is 0 Å². The van der Waals surface area contributed by atoms with Crippen LogP contribution in [-0.2, 0) is 22.7 Å². The minimum absolute atomic E-state index is 0.0548. The summed E-state index contributed by atoms with van der Waals surface area (Å²) in [4.78, 5) is 21.5. The molecule has 6 heteroatoms. The van der Waals surface area contributed by atoms with E-state index in [1.54, 1.807) is 0 Å². The van der Waals surface area contributed by atoms with Gasteiger partial charge in [-0.15, -0.1) is 0 Å². The lowest BCUT2D eigenvalue weighted by Crippen LogP contribution is -2.61. The molecule has 2 atom stereocenters. The second-order valence-corrected chi connectivity index (χ2v) is 9.73. The standard InChI is InChI=1S/C27H34N4O2/c32-26(29-23-13-7-8-14-23)24-17-27(33-30-24)20-31(19-22-11-5-2-6-12-22)16-15-25(27)28-18-21-9-3-1-4-10-21/h1-6,9-12,23,25,28H,7-8,13-20H2,(H,29,32)/t25-,27-/m1/s1. The van der Waals surface area contributed by atoms with Gasteiger partial charge in [0.2, 0.25) is 0 Å². The molecule has 174 valence electrons. The molecule has 2 heterocycles. The van der Waals surface area contributed by atoms with Gasteiger partial charge in [0.05, 0.1) is 6.04 Å². The number of carbonyl (C=O) groups excluding carboxylic acids is 1. The Morgan fingerprint density at radius 2 is 1.70 bits per heavy atom. The van der Waals surface area contributed by atoms with Crippen molar-refractivity contribution < 1.29 is 9.63 Å². The van der Waals surface area contributed by atoms with Crippen LogP contribution in [0.3, 0.4) is 0 Å². The lowest BCUT2D eigenvalue weighted by molar-refractivity contribution is -0.115. The van der Waals surface area contributed by atoms with Crippen LogP contribution in [0, 0.1) is 0 Å². The zero-order valence-electron chi connectivity index (χ0n) is 19.2. The first-order valence-corrected chi connectivity index (χ1v) is 12.3. The van der Waals surface area contributed by atoms with Crippen molar-refractivity contribution >= 4 is 11.6 Å². The first kappa shape index (κ1) is 22.1. The highest BCUT2D eigenvalue weighted by Gasteiger charge is 2.51. The number of hydrogen-bond acceptors (Lipinski definition) is 5. The van der Waals surface area contributed by atoms with Crippen molar-refractivity contribution in [2.45, 2.75) is 69.3 Å². The quantitative estimate of drug-likeness (QED) is 0.682. The molecule has 2 aromatic rings. The van der Waals surface area contributed by atoms with E-state index >= 15 is 0 Å². The van der Waals surface area contributed by atoms with Gasteiger partial charge in [-0.25, -0.2) is 0 Å². The fraction of sp³-hybridized carbons (Fsp3) is 0.481. The summed E-state index contributed by atoms with van der Waals surface area (Å²) in [6.45, 7) is 3.38. The van der Waals surface area contributed by atoms with E-state index in [4.69, 9.17) is 4.84 Å². The summed E-state index contributed by atoms with van der Waals surface area (Å²) in [5, 5.41) is 11.3. The number of nitrogens with zero attached hydrogens (tertiary/aromatic N) is 2. The van der Waals surface area contributed by atoms with Crippen LogP contribution in [0.4, 0.5) is 0 Å². The molecule has 1 spiro atoms. The molecule has 6 nitrogen and oxygen atoms in total. The third-order valence-electron chi connectivity index (χ3n) is 7.26. The van der Waals surface area contributed by atoms with E-state index in [0.29, 0.717) is 12.1 Å². The summed E-state index contributed by atoms with van der Waals surface area (Å²) in [6, 6.07) is 21.4. The Hall–Kier alpha value is -2.70. The second-order valence-electron chi connectivity index (χ2n) is 9.73. The van der Waals surface area contributed by atoms with E-state index < -0.39 is 5.60 Å². The molecule has 0 radical (unpaired) electrons. The van der Waals surface area contributed by atoms with Crippen LogP contribution in [0.5, 0.6) is 0 Å². The molecule has 33 heavy (non-hydrogen) atoms. The molecule has 2 fully saturated rings. The summed E-state index contributed by atoms with van der Waals surface area (Å²) in [7, 11) is 0. The highest BCUT2D eigenvalue weighted by Crippen LogP contribution is 2.35. The van der Waals surface area contributed by atoms with Crippen LogP contribution in [0.15, 0.2) is 65.8 Å². The van der Waals surface area contributed by atoms with Crippen molar-refractivity contribution in [1.82, 2.24) is 15.5 Å². The summed E-state index contributed by atoms with van der Waals surface area (Å²) >= 11 is 0. The van der Waals surface area contributed by atoms with E-state index in [0.717, 1.165) is 45.4 Å². The Morgan fingerprint density at radius 3 is 2.42 bits per heavy atom. The third kappa shape index (κ3) is 5.28. The number of benzene rings is 2. The average Bonchev–Trinajstić information content (AvgIpc) is 3.51. The van der Waals surface area contributed by atoms with Crippen molar-refractivity contribution in [3.05, 3.63) is 71.8 Å². The van der Waals surface area contributed by atoms with Gasteiger partial charge in [-0.3, -0.25) is 9.69 Å². The van der Waals surface area contributed by atoms with Crippen LogP contribution in [0.2, 0.25) is 0 Å². The zero-order chi connectivity index (χ0) is 22.5. The minimum Gasteiger partial charge on any atom is -0.385 e. The number of likely N-dealkylation sites (tertiary alicyclic amines) is 1. The second kappa shape index (κ2) is 10.1. The van der Waals surface area contributed by atoms with E-state index in [9.17, 15) is 4.79 Å². The monoisotopic (exact) mass is 446 g/mol. The molecule has 5 rings (SSSR count). The number of hydrogen-bond donors (Lipinski definition) is 2. The van der Waals surface area contributed by atoms with Crippen molar-refractivity contribution in [2.75, 3.05) is 13.1 Å². The number of rotatable bonds is 7. The molecule has 0 bridgehead atoms. The van der Waals surface area contributed by atoms with Gasteiger partial charge in [-0.1, -0.05) is 78.7 Å². The van der Waals surface area contributed by atoms with Crippen LogP contribution in [-0.4, -0.2) is 47.3 Å². The zero-order valence-corrected chi connectivity index (χ0v) is 19.2. The van der Waals surface area contributed by atoms with Gasteiger partial charge < -0.3 is 15.5 Å². The van der Waals surface area contributed by atoms with Gasteiger partial charge >= 0.3 is 0 Å². The normalized spacial score (nSPS) is 25.7. The molecule has 2 aromatic carbocycles. The fourth-order valence-electron chi connectivity index (χ4n) is 5.47. The first-order valence-electron chi connectivity index (χ1n) is 12.3. The maximum absolute atomic E-state index is 12.9. The molecule has 0 aromatic heterocycles. The Balaban J connectivity index is 1.28. The molecule has 1 saturated carbocycles. The fourth-order valence-corrected chi connectivity index (χ4v) is 5.47. The maximum atomic E-state index is 12.9. The molecular weight excluding hydrogens is 412 g/mol. The van der Waals surface area contributed by atoms with Crippen molar-refractivity contribution in [1.29, 1.82) is 0 Å². The number of nitrogens with one attached hydrogen (secondary N) is 2. The maximum Gasteiger partial charge on any atom is 0.269 e. The molecule has 1 amide bonds. The molecule has 2 N–H and O–H groups in total. The van der Waals surface area contributed by atoms with Gasteiger partial charge in [0, 0.05) is 38.6 Å². The van der Waals surface area contributed by atoms with Gasteiger partial charge in [-0.05, 0) is 30.4 Å². The highest BCUT2D eigenvalue weighted by molar-refractivity contribution is 6.39. The lowest BCUT2D eigenvalue weighted by atomic mass is 9.82. The van der Waals surface area contributed by atoms with Crippen molar-refractivity contribution in [2.24, 2.45) is 5.16 Å². The molecule has 3 aliphatic rings. The lowest BCUT2D eigenvalue weighted by Gasteiger charge is -2.44. The number of carbonyl (C=O) groups is 1. The summed E-state index contributed by atoms with van der Waals surface area (Å²) in [5.74, 6) is -0.0548. The SMILES string of the molecule is O=C(NC1CCCC1)C1=NO[C@]2(C1)CN(Cc1ccccc1)CC[C@H]2NCc1ccccc1. The molecular formula is C27H34N4O2. The van der Waals surface area contributed by atoms with Gasteiger partial charge in [0.1, 0.15) is 5.71 Å². The molecule has 1 saturated heterocycles. The average molecular weight is 447 g/mol. The Kier molecular flexibility index (Phi) is 6.74. The largest absolute Gasteiger partial charge is 0.385 e. The Bertz CT molecular complexity index is 959. The number of amides is 1. The van der Waals surface area contributed by atoms with Crippen LogP contribution < -0.4 is 10.6 Å².